The van der Waals surface area contributed by atoms with Crippen LogP contribution in [-0.4, -0.2) is 24.1 Å². The third kappa shape index (κ3) is 2.36. The van der Waals surface area contributed by atoms with Crippen molar-refractivity contribution in [3.8, 4) is 0 Å². The van der Waals surface area contributed by atoms with Gasteiger partial charge in [-0.25, -0.2) is 0 Å². The summed E-state index contributed by atoms with van der Waals surface area (Å²) in [6, 6.07) is 0. The third-order valence-electron chi connectivity index (χ3n) is 5.00. The zero-order chi connectivity index (χ0) is 14.3. The summed E-state index contributed by atoms with van der Waals surface area (Å²) in [5.41, 5.74) is 2.79. The van der Waals surface area contributed by atoms with Gasteiger partial charge >= 0.3 is 11.9 Å². The Labute approximate surface area is 119 Å². The molecule has 1 saturated carbocycles. The minimum absolute atomic E-state index is 0.0296. The number of hydrogen-bond donors (Lipinski definition) is 0. The Kier molecular flexibility index (Phi) is 3.57. The molecule has 0 aromatic carbocycles. The fourth-order valence-corrected chi connectivity index (χ4v) is 4.18. The molecule has 4 atom stereocenters. The van der Waals surface area contributed by atoms with E-state index in [0.717, 1.165) is 19.3 Å². The van der Waals surface area contributed by atoms with Gasteiger partial charge in [-0.15, -0.1) is 0 Å². The first kappa shape index (κ1) is 13.7. The Bertz CT molecular complexity index is 465. The normalized spacial score (nSPS) is 36.8. The summed E-state index contributed by atoms with van der Waals surface area (Å²) in [4.78, 5) is 23.1. The second kappa shape index (κ2) is 5.23. The van der Waals surface area contributed by atoms with Gasteiger partial charge in [-0.3, -0.25) is 9.59 Å². The highest BCUT2D eigenvalue weighted by Gasteiger charge is 2.48. The first-order chi connectivity index (χ1) is 9.56. The van der Waals surface area contributed by atoms with Gasteiger partial charge in [0.25, 0.3) is 0 Å². The van der Waals surface area contributed by atoms with E-state index in [4.69, 9.17) is 9.47 Å². The van der Waals surface area contributed by atoms with Crippen molar-refractivity contribution >= 4 is 11.9 Å². The summed E-state index contributed by atoms with van der Waals surface area (Å²) in [6.07, 6.45) is 5.45. The molecule has 1 heterocycles. The van der Waals surface area contributed by atoms with E-state index in [2.05, 4.69) is 6.92 Å². The lowest BCUT2D eigenvalue weighted by atomic mass is 9.77. The van der Waals surface area contributed by atoms with E-state index in [0.29, 0.717) is 12.3 Å². The van der Waals surface area contributed by atoms with E-state index < -0.39 is 0 Å². The average Bonchev–Trinajstić information content (AvgIpc) is 2.75. The van der Waals surface area contributed by atoms with Gasteiger partial charge in [-0.1, -0.05) is 17.6 Å². The maximum atomic E-state index is 11.7. The molecule has 0 amide bonds. The second-order valence-corrected chi connectivity index (χ2v) is 6.33. The Morgan fingerprint density at radius 3 is 2.85 bits per heavy atom. The summed E-state index contributed by atoms with van der Waals surface area (Å²) >= 11 is 0. The third-order valence-corrected chi connectivity index (χ3v) is 5.00. The molecule has 1 aliphatic heterocycles. The minimum Gasteiger partial charge on any atom is -0.462 e. The topological polar surface area (TPSA) is 52.6 Å². The summed E-state index contributed by atoms with van der Waals surface area (Å²) in [5.74, 6) is -0.0277. The molecule has 4 heteroatoms. The highest BCUT2D eigenvalue weighted by atomic mass is 16.6. The molecule has 0 spiro atoms. The Morgan fingerprint density at radius 1 is 1.30 bits per heavy atom. The molecule has 3 aliphatic rings. The van der Waals surface area contributed by atoms with Crippen molar-refractivity contribution in [1.29, 1.82) is 0 Å². The van der Waals surface area contributed by atoms with Gasteiger partial charge in [0.2, 0.25) is 0 Å². The molecule has 0 aromatic heterocycles. The Balaban J connectivity index is 1.94. The summed E-state index contributed by atoms with van der Waals surface area (Å²) in [7, 11) is 0. The number of esters is 2. The number of ether oxygens (including phenoxy) is 2. The fraction of sp³-hybridized carbons (Fsp3) is 0.750. The van der Waals surface area contributed by atoms with E-state index in [1.54, 1.807) is 0 Å². The molecule has 0 radical (unpaired) electrons. The number of carbonyl (C=O) groups excluding carboxylic acids is 2. The van der Waals surface area contributed by atoms with Gasteiger partial charge in [0, 0.05) is 25.2 Å². The second-order valence-electron chi connectivity index (χ2n) is 6.33. The zero-order valence-corrected chi connectivity index (χ0v) is 12.2. The van der Waals surface area contributed by atoms with Crippen LogP contribution >= 0.6 is 0 Å². The fourth-order valence-electron chi connectivity index (χ4n) is 4.18. The molecule has 3 rings (SSSR count). The average molecular weight is 278 g/mol. The molecule has 0 N–H and O–H groups in total. The largest absolute Gasteiger partial charge is 0.462 e. The predicted molar refractivity (Wildman–Crippen MR) is 72.8 cm³/mol. The van der Waals surface area contributed by atoms with Crippen molar-refractivity contribution in [3.63, 3.8) is 0 Å². The number of rotatable bonds is 1. The van der Waals surface area contributed by atoms with Crippen LogP contribution in [0.3, 0.4) is 0 Å². The van der Waals surface area contributed by atoms with Gasteiger partial charge in [-0.05, 0) is 26.2 Å². The smallest absolute Gasteiger partial charge is 0.306 e. The first-order valence-electron chi connectivity index (χ1n) is 7.61. The van der Waals surface area contributed by atoms with E-state index >= 15 is 0 Å². The molecule has 1 saturated heterocycles. The first-order valence-corrected chi connectivity index (χ1v) is 7.61. The van der Waals surface area contributed by atoms with Gasteiger partial charge in [0.15, 0.2) is 0 Å². The minimum atomic E-state index is -0.268. The van der Waals surface area contributed by atoms with Crippen LogP contribution in [0.2, 0.25) is 0 Å². The molecule has 0 unspecified atom stereocenters. The molecule has 4 nitrogen and oxygen atoms in total. The zero-order valence-electron chi connectivity index (χ0n) is 12.2. The monoisotopic (exact) mass is 278 g/mol. The maximum absolute atomic E-state index is 11.7. The van der Waals surface area contributed by atoms with Crippen LogP contribution in [0.5, 0.6) is 0 Å². The number of carbonyl (C=O) groups is 2. The van der Waals surface area contributed by atoms with Crippen LogP contribution in [0, 0.1) is 11.8 Å². The van der Waals surface area contributed by atoms with Crippen LogP contribution in [0.1, 0.15) is 52.4 Å². The molecule has 20 heavy (non-hydrogen) atoms. The van der Waals surface area contributed by atoms with Gasteiger partial charge < -0.3 is 9.47 Å². The molecular formula is C16H22O4. The predicted octanol–water partition coefficient (Wildman–Crippen LogP) is 2.76. The van der Waals surface area contributed by atoms with Crippen molar-refractivity contribution < 1.29 is 19.1 Å². The quantitative estimate of drug-likeness (QED) is 0.546. The summed E-state index contributed by atoms with van der Waals surface area (Å²) in [5, 5.41) is 0. The van der Waals surface area contributed by atoms with E-state index in [-0.39, 0.29) is 30.1 Å². The van der Waals surface area contributed by atoms with E-state index in [1.165, 1.54) is 30.9 Å². The lowest BCUT2D eigenvalue weighted by Gasteiger charge is -2.32. The maximum Gasteiger partial charge on any atom is 0.306 e. The highest BCUT2D eigenvalue weighted by molar-refractivity contribution is 5.73. The van der Waals surface area contributed by atoms with Gasteiger partial charge in [0.05, 0.1) is 6.42 Å². The van der Waals surface area contributed by atoms with Gasteiger partial charge in [0.1, 0.15) is 12.2 Å². The van der Waals surface area contributed by atoms with Gasteiger partial charge in [-0.2, -0.15) is 0 Å². The van der Waals surface area contributed by atoms with Crippen LogP contribution in [-0.2, 0) is 19.1 Å². The molecule has 110 valence electrons. The van der Waals surface area contributed by atoms with Crippen LogP contribution < -0.4 is 0 Å². The SMILES string of the molecule is CC(=O)O[C@H]1CC(C)=C2CCCC[C@@H]2[C@H]2OC(=O)C[C@@H]21. The lowest BCUT2D eigenvalue weighted by molar-refractivity contribution is -0.150. The Hall–Kier alpha value is -1.32. The van der Waals surface area contributed by atoms with Crippen LogP contribution in [0.4, 0.5) is 0 Å². The van der Waals surface area contributed by atoms with Crippen LogP contribution in [0.25, 0.3) is 0 Å². The summed E-state index contributed by atoms with van der Waals surface area (Å²) < 4.78 is 11.1. The van der Waals surface area contributed by atoms with Crippen LogP contribution in [0.15, 0.2) is 11.1 Å². The van der Waals surface area contributed by atoms with Crippen molar-refractivity contribution in [2.45, 2.75) is 64.6 Å². The summed E-state index contributed by atoms with van der Waals surface area (Å²) in [6.45, 7) is 3.58. The Morgan fingerprint density at radius 2 is 2.10 bits per heavy atom. The number of hydrogen-bond acceptors (Lipinski definition) is 4. The van der Waals surface area contributed by atoms with Crippen molar-refractivity contribution in [2.75, 3.05) is 0 Å². The molecule has 0 bridgehead atoms. The molecule has 0 aromatic rings. The number of fused-ring (bicyclic) bond motifs is 3. The standard InChI is InChI=1S/C16H22O4/c1-9-7-14(19-10(2)17)13-8-15(18)20-16(13)12-6-4-3-5-11(9)12/h12-14,16H,3-8H2,1-2H3/t12-,13+,14-,16+/m0/s1. The van der Waals surface area contributed by atoms with Crippen molar-refractivity contribution in [3.05, 3.63) is 11.1 Å². The molecule has 2 fully saturated rings. The van der Waals surface area contributed by atoms with Crippen molar-refractivity contribution in [1.82, 2.24) is 0 Å². The molecule has 2 aliphatic carbocycles. The molecular weight excluding hydrogens is 256 g/mol. The highest BCUT2D eigenvalue weighted by Crippen LogP contribution is 2.46. The lowest BCUT2D eigenvalue weighted by Crippen LogP contribution is -2.35. The van der Waals surface area contributed by atoms with Crippen molar-refractivity contribution in [2.24, 2.45) is 11.8 Å². The van der Waals surface area contributed by atoms with E-state index in [9.17, 15) is 9.59 Å². The van der Waals surface area contributed by atoms with E-state index in [1.807, 2.05) is 0 Å².